The summed E-state index contributed by atoms with van der Waals surface area (Å²) in [6.45, 7) is 9.31. The fourth-order valence-corrected chi connectivity index (χ4v) is 4.17. The van der Waals surface area contributed by atoms with Crippen LogP contribution in [0.15, 0.2) is 12.4 Å². The Morgan fingerprint density at radius 3 is 3.04 bits per heavy atom. The van der Waals surface area contributed by atoms with Gasteiger partial charge in [-0.15, -0.1) is 0 Å². The molecule has 2 N–H and O–H groups in total. The van der Waals surface area contributed by atoms with Crippen molar-refractivity contribution in [3.63, 3.8) is 0 Å². The van der Waals surface area contributed by atoms with E-state index in [1.807, 2.05) is 24.1 Å². The quantitative estimate of drug-likeness (QED) is 0.843. The van der Waals surface area contributed by atoms with Crippen LogP contribution in [0.3, 0.4) is 0 Å². The Morgan fingerprint density at radius 2 is 2.33 bits per heavy atom. The molecule has 1 amide bonds. The van der Waals surface area contributed by atoms with Gasteiger partial charge in [0.2, 0.25) is 5.91 Å². The van der Waals surface area contributed by atoms with Gasteiger partial charge >= 0.3 is 0 Å². The molecule has 0 spiro atoms. The van der Waals surface area contributed by atoms with Crippen molar-refractivity contribution in [3.8, 4) is 0 Å². The van der Waals surface area contributed by atoms with Crippen molar-refractivity contribution in [1.29, 1.82) is 0 Å². The van der Waals surface area contributed by atoms with Crippen molar-refractivity contribution in [2.24, 2.45) is 18.9 Å². The van der Waals surface area contributed by atoms with Gasteiger partial charge in [0.15, 0.2) is 0 Å². The maximum atomic E-state index is 12.8. The van der Waals surface area contributed by atoms with Crippen LogP contribution in [0.4, 0.5) is 0 Å². The van der Waals surface area contributed by atoms with Gasteiger partial charge in [-0.25, -0.2) is 0 Å². The summed E-state index contributed by atoms with van der Waals surface area (Å²) in [5.74, 6) is 1.17. The van der Waals surface area contributed by atoms with E-state index in [1.165, 1.54) is 12.8 Å². The molecule has 0 radical (unpaired) electrons. The van der Waals surface area contributed by atoms with Crippen LogP contribution in [0.1, 0.15) is 38.2 Å². The maximum Gasteiger partial charge on any atom is 0.225 e. The molecule has 0 bridgehead atoms. The molecule has 1 aromatic heterocycles. The number of aromatic nitrogens is 2. The zero-order chi connectivity index (χ0) is 17.1. The van der Waals surface area contributed by atoms with Crippen molar-refractivity contribution < 1.29 is 4.79 Å². The van der Waals surface area contributed by atoms with Gasteiger partial charge < -0.3 is 15.5 Å². The molecule has 3 heterocycles. The van der Waals surface area contributed by atoms with Crippen molar-refractivity contribution in [3.05, 3.63) is 18.0 Å². The van der Waals surface area contributed by atoms with E-state index in [0.29, 0.717) is 0 Å². The second kappa shape index (κ2) is 7.66. The monoisotopic (exact) mass is 333 g/mol. The Balaban J connectivity index is 1.53. The minimum absolute atomic E-state index is 0.00284. The van der Waals surface area contributed by atoms with Gasteiger partial charge in [0.25, 0.3) is 0 Å². The molecule has 4 atom stereocenters. The first kappa shape index (κ1) is 17.4. The van der Waals surface area contributed by atoms with Gasteiger partial charge in [0.05, 0.1) is 12.1 Å². The van der Waals surface area contributed by atoms with Gasteiger partial charge in [-0.1, -0.05) is 6.92 Å². The summed E-state index contributed by atoms with van der Waals surface area (Å²) in [5.41, 5.74) is 1.15. The summed E-state index contributed by atoms with van der Waals surface area (Å²) in [5, 5.41) is 10.9. The third-order valence-electron chi connectivity index (χ3n) is 5.37. The number of nitrogens with zero attached hydrogens (tertiary/aromatic N) is 3. The van der Waals surface area contributed by atoms with E-state index in [2.05, 4.69) is 34.5 Å². The fraction of sp³-hybridized carbons (Fsp3) is 0.778. The van der Waals surface area contributed by atoms with E-state index < -0.39 is 0 Å². The number of rotatable bonds is 5. The Bertz CT molecular complexity index is 557. The number of amides is 1. The summed E-state index contributed by atoms with van der Waals surface area (Å²) in [6.07, 6.45) is 6.52. The van der Waals surface area contributed by atoms with E-state index in [4.69, 9.17) is 0 Å². The highest BCUT2D eigenvalue weighted by Gasteiger charge is 2.35. The van der Waals surface area contributed by atoms with Crippen LogP contribution in [0, 0.1) is 11.8 Å². The van der Waals surface area contributed by atoms with Crippen molar-refractivity contribution in [2.45, 2.75) is 38.6 Å². The first-order valence-electron chi connectivity index (χ1n) is 9.25. The van der Waals surface area contributed by atoms with E-state index >= 15 is 0 Å². The number of likely N-dealkylation sites (tertiary alicyclic amines) is 1. The second-order valence-electron chi connectivity index (χ2n) is 7.74. The van der Waals surface area contributed by atoms with Crippen LogP contribution < -0.4 is 10.6 Å². The summed E-state index contributed by atoms with van der Waals surface area (Å²) >= 11 is 0. The summed E-state index contributed by atoms with van der Waals surface area (Å²) in [4.78, 5) is 15.2. The summed E-state index contributed by atoms with van der Waals surface area (Å²) in [7, 11) is 1.92. The Labute approximate surface area is 145 Å². The Morgan fingerprint density at radius 1 is 1.50 bits per heavy atom. The number of hydrogen-bond donors (Lipinski definition) is 2. The third kappa shape index (κ3) is 4.16. The minimum Gasteiger partial charge on any atom is -0.352 e. The number of piperidine rings is 1. The first-order valence-corrected chi connectivity index (χ1v) is 9.25. The molecule has 2 unspecified atom stereocenters. The predicted molar refractivity (Wildman–Crippen MR) is 94.8 cm³/mol. The highest BCUT2D eigenvalue weighted by molar-refractivity contribution is 5.80. The smallest absolute Gasteiger partial charge is 0.225 e. The van der Waals surface area contributed by atoms with E-state index in [9.17, 15) is 4.79 Å². The molecule has 6 nitrogen and oxygen atoms in total. The molecule has 2 saturated heterocycles. The molecule has 6 heteroatoms. The molecule has 0 aliphatic carbocycles. The van der Waals surface area contributed by atoms with Crippen LogP contribution in [0.25, 0.3) is 0 Å². The average Bonchev–Trinajstić information content (AvgIpc) is 3.15. The minimum atomic E-state index is -0.00284. The lowest BCUT2D eigenvalue weighted by atomic mass is 9.90. The second-order valence-corrected chi connectivity index (χ2v) is 7.74. The largest absolute Gasteiger partial charge is 0.352 e. The lowest BCUT2D eigenvalue weighted by molar-refractivity contribution is -0.125. The zero-order valence-corrected chi connectivity index (χ0v) is 15.2. The highest BCUT2D eigenvalue weighted by Crippen LogP contribution is 2.28. The standard InChI is InChI=1S/C18H31N5O/c1-13-5-4-6-23(10-13)11-14(2)21-18(24)17-9-19-8-16(17)15-7-20-22(3)12-15/h7,12-14,16-17,19H,4-6,8-11H2,1-3H3,(H,21,24)/t13?,14?,16-,17+/m1/s1. The first-order chi connectivity index (χ1) is 11.5. The highest BCUT2D eigenvalue weighted by atomic mass is 16.2. The van der Waals surface area contributed by atoms with Gasteiger partial charge in [-0.3, -0.25) is 9.48 Å². The maximum absolute atomic E-state index is 12.8. The third-order valence-corrected chi connectivity index (χ3v) is 5.37. The predicted octanol–water partition coefficient (Wildman–Crippen LogP) is 0.960. The molecule has 0 aromatic carbocycles. The van der Waals surface area contributed by atoms with Crippen LogP contribution in [-0.4, -0.2) is 59.4 Å². The SMILES string of the molecule is CC1CCCN(CC(C)NC(=O)[C@H]2CNC[C@@H]2c2cnn(C)c2)C1. The Kier molecular flexibility index (Phi) is 5.56. The molecule has 2 aliphatic rings. The van der Waals surface area contributed by atoms with Gasteiger partial charge in [-0.2, -0.15) is 5.10 Å². The Hall–Kier alpha value is -1.40. The molecule has 1 aromatic rings. The molecule has 24 heavy (non-hydrogen) atoms. The van der Waals surface area contributed by atoms with Crippen molar-refractivity contribution in [2.75, 3.05) is 32.7 Å². The van der Waals surface area contributed by atoms with Gasteiger partial charge in [0, 0.05) is 51.4 Å². The van der Waals surface area contributed by atoms with E-state index in [-0.39, 0.29) is 23.8 Å². The number of aryl methyl sites for hydroxylation is 1. The zero-order valence-electron chi connectivity index (χ0n) is 15.2. The number of nitrogens with one attached hydrogen (secondary N) is 2. The summed E-state index contributed by atoms with van der Waals surface area (Å²) < 4.78 is 1.81. The van der Waals surface area contributed by atoms with Crippen molar-refractivity contribution in [1.82, 2.24) is 25.3 Å². The van der Waals surface area contributed by atoms with Gasteiger partial charge in [0.1, 0.15) is 0 Å². The van der Waals surface area contributed by atoms with Gasteiger partial charge in [-0.05, 0) is 37.8 Å². The number of carbonyl (C=O) groups excluding carboxylic acids is 1. The molecule has 2 fully saturated rings. The number of carbonyl (C=O) groups is 1. The topological polar surface area (TPSA) is 62.2 Å². The average molecular weight is 333 g/mol. The summed E-state index contributed by atoms with van der Waals surface area (Å²) in [6, 6.07) is 0.193. The lowest BCUT2D eigenvalue weighted by Gasteiger charge is -2.33. The van der Waals surface area contributed by atoms with Crippen molar-refractivity contribution >= 4 is 5.91 Å². The fourth-order valence-electron chi connectivity index (χ4n) is 4.17. The molecule has 2 aliphatic heterocycles. The van der Waals surface area contributed by atoms with Crippen LogP contribution in [-0.2, 0) is 11.8 Å². The lowest BCUT2D eigenvalue weighted by Crippen LogP contribution is -2.47. The van der Waals surface area contributed by atoms with Crippen LogP contribution in [0.5, 0.6) is 0 Å². The molecule has 134 valence electrons. The normalized spacial score (nSPS) is 29.5. The molecular weight excluding hydrogens is 302 g/mol. The molecule has 3 rings (SSSR count). The van der Waals surface area contributed by atoms with Crippen LogP contribution in [0.2, 0.25) is 0 Å². The van der Waals surface area contributed by atoms with Crippen LogP contribution >= 0.6 is 0 Å². The molecule has 0 saturated carbocycles. The molecular formula is C18H31N5O. The van der Waals surface area contributed by atoms with E-state index in [1.54, 1.807) is 0 Å². The number of hydrogen-bond acceptors (Lipinski definition) is 4. The van der Waals surface area contributed by atoms with E-state index in [0.717, 1.165) is 44.2 Å².